The highest BCUT2D eigenvalue weighted by atomic mass is 16.5. The van der Waals surface area contributed by atoms with Crippen molar-refractivity contribution in [3.05, 3.63) is 17.7 Å². The van der Waals surface area contributed by atoms with E-state index in [1.165, 1.54) is 0 Å². The van der Waals surface area contributed by atoms with Crippen LogP contribution in [0.1, 0.15) is 30.3 Å². The van der Waals surface area contributed by atoms with E-state index < -0.39 is 5.97 Å². The molecule has 5 nitrogen and oxygen atoms in total. The van der Waals surface area contributed by atoms with E-state index in [0.717, 1.165) is 37.7 Å². The molecule has 2 atom stereocenters. The molecule has 0 saturated carbocycles. The summed E-state index contributed by atoms with van der Waals surface area (Å²) in [7, 11) is 0. The van der Waals surface area contributed by atoms with Crippen molar-refractivity contribution in [1.82, 2.24) is 9.55 Å². The molecule has 2 aliphatic heterocycles. The fourth-order valence-electron chi connectivity index (χ4n) is 2.76. The Kier molecular flexibility index (Phi) is 2.63. The lowest BCUT2D eigenvalue weighted by molar-refractivity contribution is -0.142. The summed E-state index contributed by atoms with van der Waals surface area (Å²) < 4.78 is 7.58. The standard InChI is InChI=1S/C12H16N2O3/c15-12(16)8-1-3-14-10(5-8)6-13-11(14)9-2-4-17-7-9/h6,8-9H,1-5,7H2,(H,15,16). The summed E-state index contributed by atoms with van der Waals surface area (Å²) in [6, 6.07) is 0. The topological polar surface area (TPSA) is 64.3 Å². The molecule has 1 N–H and O–H groups in total. The van der Waals surface area contributed by atoms with Crippen molar-refractivity contribution in [3.63, 3.8) is 0 Å². The zero-order valence-corrected chi connectivity index (χ0v) is 9.63. The highest BCUT2D eigenvalue weighted by molar-refractivity contribution is 5.70. The molecule has 0 aromatic carbocycles. The fourth-order valence-corrected chi connectivity index (χ4v) is 2.76. The van der Waals surface area contributed by atoms with Gasteiger partial charge in [0, 0.05) is 37.4 Å². The summed E-state index contributed by atoms with van der Waals surface area (Å²) in [5, 5.41) is 9.03. The summed E-state index contributed by atoms with van der Waals surface area (Å²) in [6.45, 7) is 2.33. The number of nitrogens with zero attached hydrogens (tertiary/aromatic N) is 2. The number of aliphatic carboxylic acids is 1. The smallest absolute Gasteiger partial charge is 0.306 e. The van der Waals surface area contributed by atoms with Gasteiger partial charge in [-0.3, -0.25) is 4.79 Å². The number of hydrogen-bond donors (Lipinski definition) is 1. The second kappa shape index (κ2) is 4.14. The lowest BCUT2D eigenvalue weighted by Gasteiger charge is -2.23. The highest BCUT2D eigenvalue weighted by Crippen LogP contribution is 2.29. The predicted octanol–water partition coefficient (Wildman–Crippen LogP) is 1.03. The third-order valence-corrected chi connectivity index (χ3v) is 3.77. The van der Waals surface area contributed by atoms with Gasteiger partial charge in [-0.1, -0.05) is 0 Å². The number of hydrogen-bond acceptors (Lipinski definition) is 3. The van der Waals surface area contributed by atoms with E-state index in [9.17, 15) is 4.79 Å². The maximum atomic E-state index is 11.0. The Labute approximate surface area is 99.4 Å². The van der Waals surface area contributed by atoms with Gasteiger partial charge in [-0.2, -0.15) is 0 Å². The van der Waals surface area contributed by atoms with Crippen molar-refractivity contribution in [3.8, 4) is 0 Å². The first-order valence-electron chi connectivity index (χ1n) is 6.10. The molecular formula is C12H16N2O3. The van der Waals surface area contributed by atoms with Crippen LogP contribution in [0.2, 0.25) is 0 Å². The number of fused-ring (bicyclic) bond motifs is 1. The molecule has 5 heteroatoms. The summed E-state index contributed by atoms with van der Waals surface area (Å²) in [5.74, 6) is 0.543. The minimum atomic E-state index is -0.691. The van der Waals surface area contributed by atoms with Gasteiger partial charge in [0.25, 0.3) is 0 Å². The van der Waals surface area contributed by atoms with Crippen LogP contribution >= 0.6 is 0 Å². The molecule has 0 bridgehead atoms. The zero-order valence-electron chi connectivity index (χ0n) is 9.63. The molecule has 1 saturated heterocycles. The predicted molar refractivity (Wildman–Crippen MR) is 59.9 cm³/mol. The quantitative estimate of drug-likeness (QED) is 0.833. The second-order valence-electron chi connectivity index (χ2n) is 4.85. The van der Waals surface area contributed by atoms with E-state index in [1.54, 1.807) is 0 Å². The fraction of sp³-hybridized carbons (Fsp3) is 0.667. The molecule has 0 spiro atoms. The monoisotopic (exact) mass is 236 g/mol. The molecule has 1 aromatic heterocycles. The SMILES string of the molecule is O=C(O)C1CCn2c(cnc2C2CCOC2)C1. The van der Waals surface area contributed by atoms with Gasteiger partial charge in [0.2, 0.25) is 0 Å². The van der Waals surface area contributed by atoms with Crippen molar-refractivity contribution in [2.75, 3.05) is 13.2 Å². The Morgan fingerprint density at radius 2 is 2.41 bits per heavy atom. The van der Waals surface area contributed by atoms with Gasteiger partial charge < -0.3 is 14.4 Å². The maximum absolute atomic E-state index is 11.0. The molecule has 3 heterocycles. The number of rotatable bonds is 2. The zero-order chi connectivity index (χ0) is 11.8. The molecule has 2 unspecified atom stereocenters. The van der Waals surface area contributed by atoms with Crippen LogP contribution in [0, 0.1) is 5.92 Å². The normalized spacial score (nSPS) is 28.0. The Balaban J connectivity index is 1.84. The first kappa shape index (κ1) is 10.8. The molecule has 1 fully saturated rings. The average molecular weight is 236 g/mol. The molecule has 0 radical (unpaired) electrons. The van der Waals surface area contributed by atoms with Gasteiger partial charge in [0.1, 0.15) is 5.82 Å². The van der Waals surface area contributed by atoms with Crippen LogP contribution in [0.4, 0.5) is 0 Å². The number of aromatic nitrogens is 2. The van der Waals surface area contributed by atoms with Gasteiger partial charge in [0.05, 0.1) is 12.5 Å². The third kappa shape index (κ3) is 1.84. The highest BCUT2D eigenvalue weighted by Gasteiger charge is 2.29. The van der Waals surface area contributed by atoms with E-state index in [4.69, 9.17) is 9.84 Å². The van der Waals surface area contributed by atoms with Crippen molar-refractivity contribution in [2.24, 2.45) is 5.92 Å². The van der Waals surface area contributed by atoms with E-state index in [0.29, 0.717) is 18.8 Å². The van der Waals surface area contributed by atoms with Crippen LogP contribution in [-0.4, -0.2) is 33.8 Å². The van der Waals surface area contributed by atoms with Gasteiger partial charge in [0.15, 0.2) is 0 Å². The van der Waals surface area contributed by atoms with E-state index >= 15 is 0 Å². The van der Waals surface area contributed by atoms with Crippen molar-refractivity contribution < 1.29 is 14.6 Å². The van der Waals surface area contributed by atoms with Gasteiger partial charge in [-0.25, -0.2) is 4.98 Å². The lowest BCUT2D eigenvalue weighted by atomic mass is 9.96. The molecule has 2 aliphatic rings. The Morgan fingerprint density at radius 3 is 3.12 bits per heavy atom. The number of carboxylic acids is 1. The Bertz CT molecular complexity index is 435. The minimum absolute atomic E-state index is 0.244. The molecule has 0 aliphatic carbocycles. The summed E-state index contributed by atoms with van der Waals surface area (Å²) in [6.07, 6.45) is 4.18. The minimum Gasteiger partial charge on any atom is -0.481 e. The number of ether oxygens (including phenoxy) is 1. The first-order chi connectivity index (χ1) is 8.25. The molecule has 1 aromatic rings. The van der Waals surface area contributed by atoms with Gasteiger partial charge in [-0.05, 0) is 12.8 Å². The first-order valence-corrected chi connectivity index (χ1v) is 6.10. The molecule has 92 valence electrons. The largest absolute Gasteiger partial charge is 0.481 e. The van der Waals surface area contributed by atoms with Crippen molar-refractivity contribution >= 4 is 5.97 Å². The van der Waals surface area contributed by atoms with E-state index in [1.807, 2.05) is 6.20 Å². The van der Waals surface area contributed by atoms with Crippen LogP contribution in [0.5, 0.6) is 0 Å². The Hall–Kier alpha value is -1.36. The van der Waals surface area contributed by atoms with E-state index in [2.05, 4.69) is 9.55 Å². The Morgan fingerprint density at radius 1 is 1.53 bits per heavy atom. The van der Waals surface area contributed by atoms with Crippen LogP contribution in [0.3, 0.4) is 0 Å². The summed E-state index contributed by atoms with van der Waals surface area (Å²) in [4.78, 5) is 15.4. The number of carbonyl (C=O) groups is 1. The average Bonchev–Trinajstić information content (AvgIpc) is 2.96. The van der Waals surface area contributed by atoms with Crippen molar-refractivity contribution in [2.45, 2.75) is 31.7 Å². The summed E-state index contributed by atoms with van der Waals surface area (Å²) >= 11 is 0. The van der Waals surface area contributed by atoms with Crippen LogP contribution in [0.15, 0.2) is 6.20 Å². The maximum Gasteiger partial charge on any atom is 0.306 e. The molecule has 0 amide bonds. The molecule has 3 rings (SSSR count). The summed E-state index contributed by atoms with van der Waals surface area (Å²) in [5.41, 5.74) is 1.06. The lowest BCUT2D eigenvalue weighted by Crippen LogP contribution is -2.26. The van der Waals surface area contributed by atoms with E-state index in [-0.39, 0.29) is 5.92 Å². The third-order valence-electron chi connectivity index (χ3n) is 3.77. The molecular weight excluding hydrogens is 220 g/mol. The number of carboxylic acid groups (broad SMARTS) is 1. The van der Waals surface area contributed by atoms with Crippen LogP contribution in [0.25, 0.3) is 0 Å². The molecule has 17 heavy (non-hydrogen) atoms. The van der Waals surface area contributed by atoms with Gasteiger partial charge >= 0.3 is 5.97 Å². The number of imidazole rings is 1. The van der Waals surface area contributed by atoms with Crippen molar-refractivity contribution in [1.29, 1.82) is 0 Å². The second-order valence-corrected chi connectivity index (χ2v) is 4.85. The van der Waals surface area contributed by atoms with Gasteiger partial charge in [-0.15, -0.1) is 0 Å². The van der Waals surface area contributed by atoms with Crippen LogP contribution < -0.4 is 0 Å². The van der Waals surface area contributed by atoms with Crippen LogP contribution in [-0.2, 0) is 22.5 Å².